The van der Waals surface area contributed by atoms with E-state index >= 15 is 0 Å². The van der Waals surface area contributed by atoms with Crippen molar-refractivity contribution in [1.82, 2.24) is 0 Å². The zero-order valence-corrected chi connectivity index (χ0v) is 14.6. The van der Waals surface area contributed by atoms with E-state index in [0.29, 0.717) is 28.5 Å². The van der Waals surface area contributed by atoms with Crippen molar-refractivity contribution in [1.29, 1.82) is 0 Å². The number of hydrogen-bond donors (Lipinski definition) is 1. The van der Waals surface area contributed by atoms with Gasteiger partial charge in [0.25, 0.3) is 5.91 Å². The molecule has 1 fully saturated rings. The van der Waals surface area contributed by atoms with Crippen LogP contribution in [0.2, 0.25) is 0 Å². The first-order valence-electron chi connectivity index (χ1n) is 7.22. The van der Waals surface area contributed by atoms with Gasteiger partial charge in [0.15, 0.2) is 5.78 Å². The number of Topliss-reactive ketones (excluding diaryl/α,β-unsaturated/α-hetero) is 1. The van der Waals surface area contributed by atoms with Crippen LogP contribution in [0.1, 0.15) is 44.9 Å². The van der Waals surface area contributed by atoms with E-state index in [4.69, 9.17) is 0 Å². The fourth-order valence-corrected chi connectivity index (χ4v) is 3.57. The van der Waals surface area contributed by atoms with Crippen molar-refractivity contribution in [2.45, 2.75) is 26.2 Å². The second-order valence-corrected chi connectivity index (χ2v) is 7.51. The molecular formula is C17H16BrNO2S. The Bertz CT molecular complexity index is 734. The van der Waals surface area contributed by atoms with E-state index in [1.165, 1.54) is 11.3 Å². The standard InChI is InChI=1S/C17H16BrNO2S/c1-10-2-5-12(15(20)6-11-3-4-11)7-14(10)19-17(21)16-8-13(18)9-22-16/h2,5,7-9,11H,3-4,6H2,1H3,(H,19,21). The van der Waals surface area contributed by atoms with Crippen molar-refractivity contribution in [3.8, 4) is 0 Å². The molecule has 0 atom stereocenters. The summed E-state index contributed by atoms with van der Waals surface area (Å²) in [6, 6.07) is 7.32. The Morgan fingerprint density at radius 1 is 1.32 bits per heavy atom. The first-order chi connectivity index (χ1) is 10.5. The molecule has 1 amide bonds. The average Bonchev–Trinajstić information content (AvgIpc) is 3.19. The van der Waals surface area contributed by atoms with Gasteiger partial charge in [-0.2, -0.15) is 0 Å². The minimum atomic E-state index is -0.148. The molecule has 3 nitrogen and oxygen atoms in total. The molecule has 5 heteroatoms. The summed E-state index contributed by atoms with van der Waals surface area (Å²) in [5, 5.41) is 4.77. The summed E-state index contributed by atoms with van der Waals surface area (Å²) >= 11 is 4.73. The molecule has 1 aromatic carbocycles. The first kappa shape index (κ1) is 15.4. The molecular weight excluding hydrogens is 362 g/mol. The van der Waals surface area contributed by atoms with Gasteiger partial charge in [0, 0.05) is 27.5 Å². The number of rotatable bonds is 5. The monoisotopic (exact) mass is 377 g/mol. The van der Waals surface area contributed by atoms with Crippen molar-refractivity contribution in [2.24, 2.45) is 5.92 Å². The number of ketones is 1. The molecule has 1 aliphatic carbocycles. The van der Waals surface area contributed by atoms with Gasteiger partial charge in [-0.25, -0.2) is 0 Å². The minimum Gasteiger partial charge on any atom is -0.321 e. The summed E-state index contributed by atoms with van der Waals surface area (Å²) in [5.41, 5.74) is 2.34. The third-order valence-corrected chi connectivity index (χ3v) is 5.46. The zero-order valence-electron chi connectivity index (χ0n) is 12.2. The Balaban J connectivity index is 1.77. The van der Waals surface area contributed by atoms with Crippen LogP contribution in [0.3, 0.4) is 0 Å². The fraction of sp³-hybridized carbons (Fsp3) is 0.294. The lowest BCUT2D eigenvalue weighted by Crippen LogP contribution is -2.12. The van der Waals surface area contributed by atoms with E-state index in [1.54, 1.807) is 12.1 Å². The molecule has 1 aliphatic rings. The van der Waals surface area contributed by atoms with Gasteiger partial charge in [0.05, 0.1) is 4.88 Å². The molecule has 1 aromatic heterocycles. The molecule has 1 saturated carbocycles. The van der Waals surface area contributed by atoms with Crippen LogP contribution in [0.4, 0.5) is 5.69 Å². The fourth-order valence-electron chi connectivity index (χ4n) is 2.25. The molecule has 3 rings (SSSR count). The van der Waals surface area contributed by atoms with Crippen LogP contribution in [0.15, 0.2) is 34.1 Å². The second-order valence-electron chi connectivity index (χ2n) is 5.68. The number of carbonyl (C=O) groups excluding carboxylic acids is 2. The molecule has 1 N–H and O–H groups in total. The lowest BCUT2D eigenvalue weighted by Gasteiger charge is -2.09. The van der Waals surface area contributed by atoms with Crippen LogP contribution in [0.5, 0.6) is 0 Å². The van der Waals surface area contributed by atoms with Crippen LogP contribution < -0.4 is 5.32 Å². The lowest BCUT2D eigenvalue weighted by atomic mass is 10.0. The quantitative estimate of drug-likeness (QED) is 0.740. The number of nitrogens with one attached hydrogen (secondary N) is 1. The summed E-state index contributed by atoms with van der Waals surface area (Å²) in [6.45, 7) is 1.93. The van der Waals surface area contributed by atoms with Crippen LogP contribution >= 0.6 is 27.3 Å². The smallest absolute Gasteiger partial charge is 0.265 e. The minimum absolute atomic E-state index is 0.148. The van der Waals surface area contributed by atoms with E-state index in [-0.39, 0.29) is 11.7 Å². The summed E-state index contributed by atoms with van der Waals surface area (Å²) in [6.07, 6.45) is 2.94. The van der Waals surface area contributed by atoms with E-state index in [9.17, 15) is 9.59 Å². The predicted octanol–water partition coefficient (Wildman–Crippen LogP) is 5.05. The maximum atomic E-state index is 12.2. The number of anilines is 1. The molecule has 0 aliphatic heterocycles. The van der Waals surface area contributed by atoms with Crippen molar-refractivity contribution >= 4 is 44.6 Å². The van der Waals surface area contributed by atoms with Gasteiger partial charge in [-0.15, -0.1) is 11.3 Å². The Kier molecular flexibility index (Phi) is 4.45. The molecule has 0 bridgehead atoms. The molecule has 0 saturated heterocycles. The number of amides is 1. The number of halogens is 1. The number of benzene rings is 1. The summed E-state index contributed by atoms with van der Waals surface area (Å²) in [7, 11) is 0. The molecule has 0 spiro atoms. The van der Waals surface area contributed by atoms with Gasteiger partial charge >= 0.3 is 0 Å². The molecule has 22 heavy (non-hydrogen) atoms. The van der Waals surface area contributed by atoms with Gasteiger partial charge < -0.3 is 5.32 Å². The second kappa shape index (κ2) is 6.34. The predicted molar refractivity (Wildman–Crippen MR) is 92.8 cm³/mol. The van der Waals surface area contributed by atoms with Crippen LogP contribution in [0.25, 0.3) is 0 Å². The highest BCUT2D eigenvalue weighted by Crippen LogP contribution is 2.34. The van der Waals surface area contributed by atoms with Gasteiger partial charge in [0.1, 0.15) is 0 Å². The normalized spacial score (nSPS) is 13.9. The molecule has 2 aromatic rings. The molecule has 1 heterocycles. The van der Waals surface area contributed by atoms with Crippen molar-refractivity contribution in [3.05, 3.63) is 50.1 Å². The maximum absolute atomic E-state index is 12.2. The van der Waals surface area contributed by atoms with Gasteiger partial charge in [-0.1, -0.05) is 12.1 Å². The number of thiophene rings is 1. The Hall–Kier alpha value is -1.46. The first-order valence-corrected chi connectivity index (χ1v) is 8.89. The SMILES string of the molecule is Cc1ccc(C(=O)CC2CC2)cc1NC(=O)c1cc(Br)cs1. The van der Waals surface area contributed by atoms with Gasteiger partial charge in [0.2, 0.25) is 0 Å². The highest BCUT2D eigenvalue weighted by molar-refractivity contribution is 9.10. The third kappa shape index (κ3) is 3.65. The van der Waals surface area contributed by atoms with E-state index in [2.05, 4.69) is 21.2 Å². The van der Waals surface area contributed by atoms with Crippen molar-refractivity contribution in [2.75, 3.05) is 5.32 Å². The van der Waals surface area contributed by atoms with Gasteiger partial charge in [-0.05, 0) is 59.3 Å². The molecule has 114 valence electrons. The Labute approximate surface area is 141 Å². The third-order valence-electron chi connectivity index (χ3n) is 3.77. The number of aryl methyl sites for hydroxylation is 1. The van der Waals surface area contributed by atoms with Gasteiger partial charge in [-0.3, -0.25) is 9.59 Å². The zero-order chi connectivity index (χ0) is 15.7. The lowest BCUT2D eigenvalue weighted by molar-refractivity contribution is 0.0974. The van der Waals surface area contributed by atoms with Crippen LogP contribution in [-0.2, 0) is 0 Å². The highest BCUT2D eigenvalue weighted by Gasteiger charge is 2.25. The summed E-state index contributed by atoms with van der Waals surface area (Å²) < 4.78 is 0.896. The molecule has 0 unspecified atom stereocenters. The number of carbonyl (C=O) groups is 2. The van der Waals surface area contributed by atoms with Crippen molar-refractivity contribution < 1.29 is 9.59 Å². The van der Waals surface area contributed by atoms with E-state index in [0.717, 1.165) is 22.9 Å². The maximum Gasteiger partial charge on any atom is 0.265 e. The van der Waals surface area contributed by atoms with Crippen LogP contribution in [-0.4, -0.2) is 11.7 Å². The van der Waals surface area contributed by atoms with E-state index in [1.807, 2.05) is 24.4 Å². The molecule has 0 radical (unpaired) electrons. The average molecular weight is 378 g/mol. The Morgan fingerprint density at radius 3 is 2.73 bits per heavy atom. The summed E-state index contributed by atoms with van der Waals surface area (Å²) in [4.78, 5) is 25.1. The summed E-state index contributed by atoms with van der Waals surface area (Å²) in [5.74, 6) is 0.581. The van der Waals surface area contributed by atoms with E-state index < -0.39 is 0 Å². The van der Waals surface area contributed by atoms with Crippen molar-refractivity contribution in [3.63, 3.8) is 0 Å². The Morgan fingerprint density at radius 2 is 2.09 bits per heavy atom. The topological polar surface area (TPSA) is 46.2 Å². The van der Waals surface area contributed by atoms with Crippen LogP contribution in [0, 0.1) is 12.8 Å². The number of hydrogen-bond acceptors (Lipinski definition) is 3. The highest BCUT2D eigenvalue weighted by atomic mass is 79.9. The largest absolute Gasteiger partial charge is 0.321 e.